The monoisotopic (exact) mass is 315 g/mol. The van der Waals surface area contributed by atoms with E-state index in [4.69, 9.17) is 4.74 Å². The second-order valence-electron chi connectivity index (χ2n) is 6.83. The number of hydrogen-bond donors (Lipinski definition) is 2. The fourth-order valence-electron chi connectivity index (χ4n) is 4.50. The molecule has 1 aromatic carbocycles. The molecule has 2 saturated heterocycles. The third-order valence-electron chi connectivity index (χ3n) is 5.55. The zero-order chi connectivity index (χ0) is 16.0. The zero-order valence-corrected chi connectivity index (χ0v) is 12.9. The van der Waals surface area contributed by atoms with Crippen molar-refractivity contribution in [1.29, 1.82) is 0 Å². The van der Waals surface area contributed by atoms with Gasteiger partial charge in [-0.2, -0.15) is 0 Å². The molecule has 5 nitrogen and oxygen atoms in total. The predicted molar refractivity (Wildman–Crippen MR) is 82.8 cm³/mol. The lowest BCUT2D eigenvalue weighted by molar-refractivity contribution is -0.148. The van der Waals surface area contributed by atoms with E-state index in [1.165, 1.54) is 11.1 Å². The smallest absolute Gasteiger partial charge is 0.310 e. The third-order valence-corrected chi connectivity index (χ3v) is 5.55. The van der Waals surface area contributed by atoms with E-state index in [1.807, 2.05) is 12.1 Å². The summed E-state index contributed by atoms with van der Waals surface area (Å²) in [6, 6.07) is 8.16. The van der Waals surface area contributed by atoms with E-state index in [1.54, 1.807) is 0 Å². The summed E-state index contributed by atoms with van der Waals surface area (Å²) < 4.78 is 5.70. The van der Waals surface area contributed by atoms with Crippen molar-refractivity contribution in [1.82, 2.24) is 5.32 Å². The molecule has 0 unspecified atom stereocenters. The molecule has 1 amide bonds. The maximum atomic E-state index is 12.8. The van der Waals surface area contributed by atoms with E-state index < -0.39 is 17.8 Å². The van der Waals surface area contributed by atoms with Crippen LogP contribution in [0.4, 0.5) is 0 Å². The minimum absolute atomic E-state index is 0.0129. The van der Waals surface area contributed by atoms with Gasteiger partial charge in [-0.3, -0.25) is 9.59 Å². The van der Waals surface area contributed by atoms with Crippen molar-refractivity contribution in [3.05, 3.63) is 35.4 Å². The number of amides is 1. The molecule has 0 aromatic heterocycles. The summed E-state index contributed by atoms with van der Waals surface area (Å²) in [5.74, 6) is -2.33. The fourth-order valence-corrected chi connectivity index (χ4v) is 4.50. The van der Waals surface area contributed by atoms with Crippen molar-refractivity contribution in [2.75, 3.05) is 0 Å². The lowest BCUT2D eigenvalue weighted by Crippen LogP contribution is -2.45. The Balaban J connectivity index is 1.54. The number of hydrogen-bond acceptors (Lipinski definition) is 3. The van der Waals surface area contributed by atoms with Crippen molar-refractivity contribution in [3.63, 3.8) is 0 Å². The number of benzene rings is 1. The van der Waals surface area contributed by atoms with Crippen molar-refractivity contribution in [3.8, 4) is 0 Å². The number of carboxylic acid groups (broad SMARTS) is 1. The van der Waals surface area contributed by atoms with Gasteiger partial charge in [-0.1, -0.05) is 24.3 Å². The van der Waals surface area contributed by atoms with Crippen molar-refractivity contribution < 1.29 is 19.4 Å². The lowest BCUT2D eigenvalue weighted by Gasteiger charge is -2.30. The first-order valence-corrected chi connectivity index (χ1v) is 8.41. The Bertz CT molecular complexity index is 644. The molecule has 1 aliphatic carbocycles. The van der Waals surface area contributed by atoms with Crippen LogP contribution in [0.2, 0.25) is 0 Å². The summed E-state index contributed by atoms with van der Waals surface area (Å²) >= 11 is 0. The maximum Gasteiger partial charge on any atom is 0.310 e. The van der Waals surface area contributed by atoms with Crippen LogP contribution in [0, 0.1) is 11.8 Å². The quantitative estimate of drug-likeness (QED) is 0.895. The minimum atomic E-state index is -0.915. The number of ether oxygens (including phenoxy) is 1. The Morgan fingerprint density at radius 3 is 2.61 bits per heavy atom. The Labute approximate surface area is 135 Å². The van der Waals surface area contributed by atoms with Crippen molar-refractivity contribution in [2.24, 2.45) is 11.8 Å². The predicted octanol–water partition coefficient (Wildman–Crippen LogP) is 2.06. The molecule has 2 bridgehead atoms. The van der Waals surface area contributed by atoms with Crippen LogP contribution in [0.1, 0.15) is 42.9 Å². The van der Waals surface area contributed by atoms with E-state index in [2.05, 4.69) is 17.4 Å². The lowest BCUT2D eigenvalue weighted by atomic mass is 9.78. The highest BCUT2D eigenvalue weighted by Crippen LogP contribution is 2.44. The minimum Gasteiger partial charge on any atom is -0.481 e. The average molecular weight is 315 g/mol. The summed E-state index contributed by atoms with van der Waals surface area (Å²) in [5.41, 5.74) is 2.45. The highest BCUT2D eigenvalue weighted by molar-refractivity contribution is 5.86. The van der Waals surface area contributed by atoms with Gasteiger partial charge in [-0.25, -0.2) is 0 Å². The Morgan fingerprint density at radius 1 is 1.09 bits per heavy atom. The standard InChI is InChI=1S/C18H21NO4/c20-17(15-13-8-9-14(23-13)16(15)18(21)22)19-12-7-3-5-10-4-1-2-6-11(10)12/h1-2,4,6,12-16H,3,5,7-9H2,(H,19,20)(H,21,22)/t12-,13-,14-,15+,16-/m0/s1. The van der Waals surface area contributed by atoms with Gasteiger partial charge in [0.1, 0.15) is 0 Å². The molecule has 122 valence electrons. The number of nitrogens with one attached hydrogen (secondary N) is 1. The van der Waals surface area contributed by atoms with Gasteiger partial charge in [-0.05, 0) is 43.2 Å². The number of aryl methyl sites for hydroxylation is 1. The van der Waals surface area contributed by atoms with E-state index in [0.29, 0.717) is 0 Å². The van der Waals surface area contributed by atoms with Crippen LogP contribution >= 0.6 is 0 Å². The topological polar surface area (TPSA) is 75.6 Å². The summed E-state index contributed by atoms with van der Waals surface area (Å²) in [5, 5.41) is 12.6. The highest BCUT2D eigenvalue weighted by atomic mass is 16.5. The summed E-state index contributed by atoms with van der Waals surface area (Å²) in [4.78, 5) is 24.3. The molecule has 2 fully saturated rings. The van der Waals surface area contributed by atoms with Crippen molar-refractivity contribution in [2.45, 2.75) is 50.4 Å². The molecular formula is C18H21NO4. The van der Waals surface area contributed by atoms with Gasteiger partial charge in [-0.15, -0.1) is 0 Å². The third kappa shape index (κ3) is 2.43. The molecule has 2 N–H and O–H groups in total. The largest absolute Gasteiger partial charge is 0.481 e. The number of carboxylic acids is 1. The SMILES string of the molecule is O=C(O)[C@@H]1[C@H](C(=O)N[C@H]2CCCc3ccccc32)[C@@H]2CC[C@@H]1O2. The average Bonchev–Trinajstić information content (AvgIpc) is 3.16. The van der Waals surface area contributed by atoms with Gasteiger partial charge in [0.25, 0.3) is 0 Å². The van der Waals surface area contributed by atoms with Gasteiger partial charge in [0.15, 0.2) is 0 Å². The number of rotatable bonds is 3. The highest BCUT2D eigenvalue weighted by Gasteiger charge is 2.55. The first kappa shape index (κ1) is 14.7. The van der Waals surface area contributed by atoms with Crippen molar-refractivity contribution >= 4 is 11.9 Å². The molecule has 2 heterocycles. The van der Waals surface area contributed by atoms with Gasteiger partial charge < -0.3 is 15.2 Å². The van der Waals surface area contributed by atoms with Gasteiger partial charge in [0, 0.05) is 0 Å². The molecular weight excluding hydrogens is 294 g/mol. The molecule has 0 spiro atoms. The van der Waals surface area contributed by atoms with Crippen LogP contribution in [0.25, 0.3) is 0 Å². The fraction of sp³-hybridized carbons (Fsp3) is 0.556. The van der Waals surface area contributed by atoms with Crippen LogP contribution in [0.3, 0.4) is 0 Å². The maximum absolute atomic E-state index is 12.8. The van der Waals surface area contributed by atoms with Gasteiger partial charge in [0.2, 0.25) is 5.91 Å². The second kappa shape index (κ2) is 5.64. The molecule has 23 heavy (non-hydrogen) atoms. The summed E-state index contributed by atoms with van der Waals surface area (Å²) in [6.45, 7) is 0. The van der Waals surface area contributed by atoms with Gasteiger partial charge >= 0.3 is 5.97 Å². The van der Waals surface area contributed by atoms with E-state index in [9.17, 15) is 14.7 Å². The first-order valence-electron chi connectivity index (χ1n) is 8.41. The first-order chi connectivity index (χ1) is 11.1. The van der Waals surface area contributed by atoms with E-state index in [-0.39, 0.29) is 24.2 Å². The van der Waals surface area contributed by atoms with Crippen LogP contribution < -0.4 is 5.32 Å². The summed E-state index contributed by atoms with van der Waals surface area (Å²) in [6.07, 6.45) is 3.98. The number of fused-ring (bicyclic) bond motifs is 3. The normalized spacial score (nSPS) is 34.9. The molecule has 5 heteroatoms. The van der Waals surface area contributed by atoms with Crippen LogP contribution in [-0.2, 0) is 20.7 Å². The number of aliphatic carboxylic acids is 1. The Hall–Kier alpha value is -1.88. The molecule has 5 atom stereocenters. The second-order valence-corrected chi connectivity index (χ2v) is 6.83. The zero-order valence-electron chi connectivity index (χ0n) is 12.9. The molecule has 4 rings (SSSR count). The molecule has 1 aromatic rings. The molecule has 0 saturated carbocycles. The summed E-state index contributed by atoms with van der Waals surface area (Å²) in [7, 11) is 0. The van der Waals surface area contributed by atoms with E-state index >= 15 is 0 Å². The molecule has 0 radical (unpaired) electrons. The molecule has 2 aliphatic heterocycles. The molecule has 3 aliphatic rings. The Kier molecular flexibility index (Phi) is 3.60. The Morgan fingerprint density at radius 2 is 1.83 bits per heavy atom. The number of carbonyl (C=O) groups excluding carboxylic acids is 1. The van der Waals surface area contributed by atoms with Crippen LogP contribution in [0.15, 0.2) is 24.3 Å². The van der Waals surface area contributed by atoms with Crippen LogP contribution in [0.5, 0.6) is 0 Å². The van der Waals surface area contributed by atoms with E-state index in [0.717, 1.165) is 32.1 Å². The number of carbonyl (C=O) groups is 2. The van der Waals surface area contributed by atoms with Crippen LogP contribution in [-0.4, -0.2) is 29.2 Å². The van der Waals surface area contributed by atoms with Gasteiger partial charge in [0.05, 0.1) is 30.1 Å².